The van der Waals surface area contributed by atoms with E-state index in [-0.39, 0.29) is 18.0 Å². The van der Waals surface area contributed by atoms with Crippen LogP contribution in [0.5, 0.6) is 0 Å². The van der Waals surface area contributed by atoms with E-state index in [0.29, 0.717) is 36.6 Å². The van der Waals surface area contributed by atoms with Crippen molar-refractivity contribution in [1.29, 1.82) is 0 Å². The lowest BCUT2D eigenvalue weighted by Crippen LogP contribution is -2.45. The lowest BCUT2D eigenvalue weighted by molar-refractivity contribution is 0.00948. The normalized spacial score (nSPS) is 16.7. The molecule has 1 amide bonds. The monoisotopic (exact) mass is 421 g/mol. The quantitative estimate of drug-likeness (QED) is 0.657. The number of halogens is 2. The van der Waals surface area contributed by atoms with Gasteiger partial charge in [0.1, 0.15) is 17.2 Å². The summed E-state index contributed by atoms with van der Waals surface area (Å²) in [6.45, 7) is 10.5. The number of nitrogens with zero attached hydrogens (tertiary/aromatic N) is 3. The van der Waals surface area contributed by atoms with E-state index in [1.54, 1.807) is 24.0 Å². The molecule has 0 fully saturated rings. The molecule has 2 aromatic rings. The van der Waals surface area contributed by atoms with Crippen LogP contribution in [0.1, 0.15) is 62.8 Å². The Morgan fingerprint density at radius 1 is 1.34 bits per heavy atom. The van der Waals surface area contributed by atoms with Gasteiger partial charge in [-0.15, -0.1) is 0 Å². The molecular weight excluding hydrogens is 393 g/mol. The number of aromatic nitrogens is 2. The van der Waals surface area contributed by atoms with E-state index in [0.717, 1.165) is 23.5 Å². The van der Waals surface area contributed by atoms with Gasteiger partial charge in [0.15, 0.2) is 5.15 Å². The van der Waals surface area contributed by atoms with E-state index in [9.17, 15) is 9.18 Å². The van der Waals surface area contributed by atoms with Crippen molar-refractivity contribution in [1.82, 2.24) is 14.5 Å². The van der Waals surface area contributed by atoms with Crippen molar-refractivity contribution >= 4 is 17.7 Å². The molecule has 1 unspecified atom stereocenters. The number of hydrogen-bond donors (Lipinski definition) is 0. The summed E-state index contributed by atoms with van der Waals surface area (Å²) in [6.07, 6.45) is 1.63. The average Bonchev–Trinajstić information content (AvgIpc) is 2.97. The fraction of sp³-hybridized carbons (Fsp3) is 0.545. The van der Waals surface area contributed by atoms with Gasteiger partial charge in [0, 0.05) is 19.5 Å². The molecule has 5 nitrogen and oxygen atoms in total. The minimum atomic E-state index is -0.586. The van der Waals surface area contributed by atoms with Crippen LogP contribution in [-0.2, 0) is 24.1 Å². The summed E-state index contributed by atoms with van der Waals surface area (Å²) in [5.41, 5.74) is 1.77. The summed E-state index contributed by atoms with van der Waals surface area (Å²) < 4.78 is 21.7. The number of amides is 1. The highest BCUT2D eigenvalue weighted by Gasteiger charge is 2.36. The van der Waals surface area contributed by atoms with E-state index < -0.39 is 5.60 Å². The van der Waals surface area contributed by atoms with Gasteiger partial charge in [-0.25, -0.2) is 14.2 Å². The molecule has 2 heterocycles. The Labute approximate surface area is 176 Å². The summed E-state index contributed by atoms with van der Waals surface area (Å²) in [4.78, 5) is 19.1. The minimum Gasteiger partial charge on any atom is -0.444 e. The zero-order valence-electron chi connectivity index (χ0n) is 17.8. The van der Waals surface area contributed by atoms with Crippen molar-refractivity contribution in [3.05, 3.63) is 51.8 Å². The molecule has 1 aliphatic rings. The summed E-state index contributed by atoms with van der Waals surface area (Å²) in [5, 5.41) is 0.426. The van der Waals surface area contributed by atoms with E-state index >= 15 is 0 Å². The fourth-order valence-electron chi connectivity index (χ4n) is 3.76. The molecule has 0 aliphatic carbocycles. The predicted molar refractivity (Wildman–Crippen MR) is 112 cm³/mol. The van der Waals surface area contributed by atoms with Crippen molar-refractivity contribution in [2.24, 2.45) is 0 Å². The highest BCUT2D eigenvalue weighted by atomic mass is 35.5. The third kappa shape index (κ3) is 4.74. The van der Waals surface area contributed by atoms with Crippen LogP contribution in [0.3, 0.4) is 0 Å². The number of carbonyl (C=O) groups excluding carboxylic acids is 1. The van der Waals surface area contributed by atoms with Crippen molar-refractivity contribution in [2.45, 2.75) is 72.1 Å². The van der Waals surface area contributed by atoms with E-state index in [1.165, 1.54) is 0 Å². The molecule has 0 saturated heterocycles. The number of imidazole rings is 1. The third-order valence-corrected chi connectivity index (χ3v) is 5.46. The van der Waals surface area contributed by atoms with Crippen LogP contribution in [0.25, 0.3) is 0 Å². The molecule has 29 heavy (non-hydrogen) atoms. The highest BCUT2D eigenvalue weighted by molar-refractivity contribution is 6.30. The second-order valence-corrected chi connectivity index (χ2v) is 8.88. The van der Waals surface area contributed by atoms with Gasteiger partial charge in [-0.05, 0) is 57.7 Å². The van der Waals surface area contributed by atoms with Gasteiger partial charge in [0.25, 0.3) is 0 Å². The molecule has 0 saturated carbocycles. The van der Waals surface area contributed by atoms with Crippen LogP contribution >= 0.6 is 11.6 Å². The number of carbonyl (C=O) groups is 1. The van der Waals surface area contributed by atoms with Crippen molar-refractivity contribution < 1.29 is 13.9 Å². The molecule has 158 valence electrons. The summed E-state index contributed by atoms with van der Waals surface area (Å²) in [6, 6.07) is 4.99. The Kier molecular flexibility index (Phi) is 6.22. The van der Waals surface area contributed by atoms with Gasteiger partial charge in [-0.1, -0.05) is 30.7 Å². The average molecular weight is 422 g/mol. The Hall–Kier alpha value is -2.08. The first-order valence-corrected chi connectivity index (χ1v) is 10.5. The maximum atomic E-state index is 14.0. The minimum absolute atomic E-state index is 0.216. The molecule has 0 spiro atoms. The molecule has 0 radical (unpaired) electrons. The standard InChI is InChI=1S/C22H29ClFN3O2/c1-6-18-25-20(23)19-17(10-9-15-8-7-14(2)16(24)13-15)26(11-12-27(18)19)21(28)29-22(3,4)5/h7-8,13,17H,6,9-12H2,1-5H3. The highest BCUT2D eigenvalue weighted by Crippen LogP contribution is 2.36. The topological polar surface area (TPSA) is 47.4 Å². The summed E-state index contributed by atoms with van der Waals surface area (Å²) in [5.74, 6) is 0.701. The van der Waals surface area contributed by atoms with E-state index in [4.69, 9.17) is 16.3 Å². The van der Waals surface area contributed by atoms with Crippen molar-refractivity contribution in [2.75, 3.05) is 6.54 Å². The van der Waals surface area contributed by atoms with Gasteiger partial charge in [-0.2, -0.15) is 0 Å². The maximum Gasteiger partial charge on any atom is 0.410 e. The van der Waals surface area contributed by atoms with Crippen LogP contribution < -0.4 is 0 Å². The van der Waals surface area contributed by atoms with Crippen LogP contribution in [0.2, 0.25) is 5.15 Å². The third-order valence-electron chi connectivity index (χ3n) is 5.18. The first-order valence-electron chi connectivity index (χ1n) is 10.1. The smallest absolute Gasteiger partial charge is 0.410 e. The molecule has 7 heteroatoms. The molecule has 1 aromatic heterocycles. The molecule has 1 aromatic carbocycles. The van der Waals surface area contributed by atoms with Gasteiger partial charge >= 0.3 is 6.09 Å². The van der Waals surface area contributed by atoms with E-state index in [1.807, 2.05) is 33.8 Å². The van der Waals surface area contributed by atoms with Gasteiger partial charge in [0.05, 0.1) is 11.7 Å². The second-order valence-electron chi connectivity index (χ2n) is 8.52. The molecular formula is C22H29ClFN3O2. The van der Waals surface area contributed by atoms with Crippen LogP contribution in [0, 0.1) is 12.7 Å². The molecule has 1 aliphatic heterocycles. The van der Waals surface area contributed by atoms with Crippen LogP contribution in [0.4, 0.5) is 9.18 Å². The SMILES string of the molecule is CCc1nc(Cl)c2n1CCN(C(=O)OC(C)(C)C)C2CCc1ccc(C)c(F)c1. The Morgan fingerprint density at radius 2 is 2.07 bits per heavy atom. The summed E-state index contributed by atoms with van der Waals surface area (Å²) in [7, 11) is 0. The largest absolute Gasteiger partial charge is 0.444 e. The zero-order valence-corrected chi connectivity index (χ0v) is 18.5. The maximum absolute atomic E-state index is 14.0. The van der Waals surface area contributed by atoms with Crippen molar-refractivity contribution in [3.63, 3.8) is 0 Å². The van der Waals surface area contributed by atoms with Crippen LogP contribution in [-0.4, -0.2) is 32.7 Å². The number of benzene rings is 1. The lowest BCUT2D eigenvalue weighted by Gasteiger charge is -2.38. The first-order chi connectivity index (χ1) is 13.6. The Balaban J connectivity index is 1.91. The first kappa shape index (κ1) is 21.6. The number of aryl methyl sites for hydroxylation is 3. The van der Waals surface area contributed by atoms with Crippen molar-refractivity contribution in [3.8, 4) is 0 Å². The predicted octanol–water partition coefficient (Wildman–Crippen LogP) is 5.47. The molecule has 0 N–H and O–H groups in total. The lowest BCUT2D eigenvalue weighted by atomic mass is 9.99. The molecule has 1 atom stereocenters. The zero-order chi connectivity index (χ0) is 21.3. The van der Waals surface area contributed by atoms with Crippen LogP contribution in [0.15, 0.2) is 18.2 Å². The summed E-state index contributed by atoms with van der Waals surface area (Å²) >= 11 is 6.50. The Bertz CT molecular complexity index is 904. The number of fused-ring (bicyclic) bond motifs is 1. The molecule has 3 rings (SSSR count). The fourth-order valence-corrected chi connectivity index (χ4v) is 4.08. The van der Waals surface area contributed by atoms with E-state index in [2.05, 4.69) is 9.55 Å². The number of hydrogen-bond acceptors (Lipinski definition) is 3. The second kappa shape index (κ2) is 8.34. The van der Waals surface area contributed by atoms with Gasteiger partial charge in [-0.3, -0.25) is 4.90 Å². The van der Waals surface area contributed by atoms with Gasteiger partial charge < -0.3 is 9.30 Å². The number of rotatable bonds is 4. The number of ether oxygens (including phenoxy) is 1. The Morgan fingerprint density at radius 3 is 2.69 bits per heavy atom. The molecule has 0 bridgehead atoms. The van der Waals surface area contributed by atoms with Gasteiger partial charge in [0.2, 0.25) is 0 Å².